The molecule has 0 atom stereocenters. The lowest BCUT2D eigenvalue weighted by Crippen LogP contribution is -2.07. The highest BCUT2D eigenvalue weighted by Gasteiger charge is 2.12. The lowest BCUT2D eigenvalue weighted by Gasteiger charge is -2.07. The molecule has 0 fully saturated rings. The quantitative estimate of drug-likeness (QED) is 0.532. The highest BCUT2D eigenvalue weighted by molar-refractivity contribution is 5.99. The number of anilines is 1. The van der Waals surface area contributed by atoms with Gasteiger partial charge in [-0.05, 0) is 24.3 Å². The molecule has 0 aliphatic carbocycles. The maximum absolute atomic E-state index is 11.4. The monoisotopic (exact) mass is 360 g/mol. The van der Waals surface area contributed by atoms with Crippen LogP contribution in [0.5, 0.6) is 11.6 Å². The molecule has 3 aromatic heterocycles. The van der Waals surface area contributed by atoms with Crippen LogP contribution in [0.2, 0.25) is 0 Å². The molecule has 8 heteroatoms. The van der Waals surface area contributed by atoms with E-state index in [1.807, 2.05) is 25.5 Å². The van der Waals surface area contributed by atoms with E-state index in [1.165, 1.54) is 12.3 Å². The van der Waals surface area contributed by atoms with Gasteiger partial charge in [-0.25, -0.2) is 9.97 Å². The Morgan fingerprint density at radius 3 is 3.04 bits per heavy atom. The summed E-state index contributed by atoms with van der Waals surface area (Å²) in [4.78, 5) is 23.4. The zero-order chi connectivity index (χ0) is 18.8. The number of carbonyl (C=O) groups is 1. The molecule has 0 bridgehead atoms. The summed E-state index contributed by atoms with van der Waals surface area (Å²) < 4.78 is 7.54. The highest BCUT2D eigenvalue weighted by atomic mass is 16.5. The molecule has 1 amide bonds. The van der Waals surface area contributed by atoms with E-state index in [1.54, 1.807) is 28.9 Å². The van der Waals surface area contributed by atoms with Crippen molar-refractivity contribution in [3.05, 3.63) is 61.6 Å². The predicted molar refractivity (Wildman–Crippen MR) is 101 cm³/mol. The smallest absolute Gasteiger partial charge is 0.247 e. The van der Waals surface area contributed by atoms with Gasteiger partial charge in [0.2, 0.25) is 11.8 Å². The summed E-state index contributed by atoms with van der Waals surface area (Å²) in [6.45, 7) is 3.43. The molecule has 0 unspecified atom stereocenters. The molecule has 134 valence electrons. The van der Waals surface area contributed by atoms with Crippen molar-refractivity contribution in [1.29, 1.82) is 0 Å². The van der Waals surface area contributed by atoms with Crippen molar-refractivity contribution in [2.45, 2.75) is 0 Å². The molecule has 0 radical (unpaired) electrons. The number of aromatic amines is 1. The minimum atomic E-state index is -0.291. The van der Waals surface area contributed by atoms with Gasteiger partial charge in [-0.2, -0.15) is 5.10 Å². The Hall–Kier alpha value is -3.94. The maximum atomic E-state index is 11.4. The van der Waals surface area contributed by atoms with Gasteiger partial charge in [-0.1, -0.05) is 12.6 Å². The van der Waals surface area contributed by atoms with Gasteiger partial charge < -0.3 is 15.0 Å². The molecule has 3 heterocycles. The van der Waals surface area contributed by atoms with Crippen molar-refractivity contribution < 1.29 is 9.53 Å². The van der Waals surface area contributed by atoms with E-state index < -0.39 is 0 Å². The summed E-state index contributed by atoms with van der Waals surface area (Å²) in [6.07, 6.45) is 6.43. The zero-order valence-electron chi connectivity index (χ0n) is 14.5. The normalized spacial score (nSPS) is 10.7. The minimum absolute atomic E-state index is 0.291. The fourth-order valence-electron chi connectivity index (χ4n) is 2.63. The molecular formula is C19H16N6O2. The molecule has 0 saturated heterocycles. The Morgan fingerprint density at radius 2 is 2.26 bits per heavy atom. The number of hydrogen-bond donors (Lipinski definition) is 2. The van der Waals surface area contributed by atoms with E-state index in [0.717, 1.165) is 11.3 Å². The number of fused-ring (bicyclic) bond motifs is 1. The molecule has 0 aliphatic rings. The second kappa shape index (κ2) is 6.75. The van der Waals surface area contributed by atoms with Gasteiger partial charge in [0.05, 0.1) is 11.9 Å². The van der Waals surface area contributed by atoms with Gasteiger partial charge in [-0.15, -0.1) is 0 Å². The number of carbonyl (C=O) groups excluding carboxylic acids is 1. The molecule has 0 saturated carbocycles. The van der Waals surface area contributed by atoms with Gasteiger partial charge in [0.15, 0.2) is 5.65 Å². The number of ether oxygens (including phenoxy) is 1. The largest absolute Gasteiger partial charge is 0.437 e. The summed E-state index contributed by atoms with van der Waals surface area (Å²) in [5, 5.41) is 7.09. The third kappa shape index (κ3) is 3.40. The first-order valence-corrected chi connectivity index (χ1v) is 8.18. The number of aromatic nitrogens is 5. The Labute approximate surface area is 154 Å². The van der Waals surface area contributed by atoms with Crippen LogP contribution in [0.3, 0.4) is 0 Å². The Balaban J connectivity index is 1.64. The second-order valence-corrected chi connectivity index (χ2v) is 5.81. The number of nitrogens with zero attached hydrogens (tertiary/aromatic N) is 4. The van der Waals surface area contributed by atoms with Crippen LogP contribution in [-0.2, 0) is 11.8 Å². The van der Waals surface area contributed by atoms with Crippen molar-refractivity contribution in [1.82, 2.24) is 24.7 Å². The van der Waals surface area contributed by atoms with Crippen LogP contribution < -0.4 is 10.1 Å². The van der Waals surface area contributed by atoms with Crippen LogP contribution >= 0.6 is 0 Å². The van der Waals surface area contributed by atoms with Crippen molar-refractivity contribution >= 4 is 22.8 Å². The molecule has 2 N–H and O–H groups in total. The lowest BCUT2D eigenvalue weighted by molar-refractivity contribution is -0.111. The van der Waals surface area contributed by atoms with Crippen molar-refractivity contribution in [3.63, 3.8) is 0 Å². The summed E-state index contributed by atoms with van der Waals surface area (Å²) in [5.74, 6) is 0.576. The van der Waals surface area contributed by atoms with Gasteiger partial charge in [0.25, 0.3) is 0 Å². The highest BCUT2D eigenvalue weighted by Crippen LogP contribution is 2.28. The van der Waals surface area contributed by atoms with E-state index >= 15 is 0 Å². The number of rotatable bonds is 5. The fourth-order valence-corrected chi connectivity index (χ4v) is 2.63. The van der Waals surface area contributed by atoms with Crippen LogP contribution in [0.4, 0.5) is 5.69 Å². The fraction of sp³-hybridized carbons (Fsp3) is 0.0526. The van der Waals surface area contributed by atoms with E-state index in [-0.39, 0.29) is 5.91 Å². The number of H-pyrrole nitrogens is 1. The number of amides is 1. The van der Waals surface area contributed by atoms with Crippen molar-refractivity contribution in [2.75, 3.05) is 5.32 Å². The molecule has 0 spiro atoms. The Morgan fingerprint density at radius 1 is 1.37 bits per heavy atom. The molecule has 0 aliphatic heterocycles. The predicted octanol–water partition coefficient (Wildman–Crippen LogP) is 3.28. The van der Waals surface area contributed by atoms with Crippen LogP contribution in [0.1, 0.15) is 0 Å². The number of aryl methyl sites for hydroxylation is 1. The molecule has 4 rings (SSSR count). The molecule has 1 aromatic carbocycles. The maximum Gasteiger partial charge on any atom is 0.247 e. The van der Waals surface area contributed by atoms with Gasteiger partial charge in [0.1, 0.15) is 11.3 Å². The average molecular weight is 360 g/mol. The summed E-state index contributed by atoms with van der Waals surface area (Å²) >= 11 is 0. The summed E-state index contributed by atoms with van der Waals surface area (Å²) in [7, 11) is 1.86. The molecule has 27 heavy (non-hydrogen) atoms. The first kappa shape index (κ1) is 16.5. The summed E-state index contributed by atoms with van der Waals surface area (Å²) in [6, 6.07) is 8.91. The van der Waals surface area contributed by atoms with Crippen LogP contribution in [0, 0.1) is 0 Å². The van der Waals surface area contributed by atoms with Crippen LogP contribution in [-0.4, -0.2) is 30.6 Å². The van der Waals surface area contributed by atoms with Gasteiger partial charge in [0, 0.05) is 36.8 Å². The van der Waals surface area contributed by atoms with Gasteiger partial charge in [-0.3, -0.25) is 9.48 Å². The lowest BCUT2D eigenvalue weighted by atomic mass is 10.2. The topological polar surface area (TPSA) is 97.7 Å². The molecule has 4 aromatic rings. The summed E-state index contributed by atoms with van der Waals surface area (Å²) in [5.41, 5.74) is 3.56. The van der Waals surface area contributed by atoms with Crippen molar-refractivity contribution in [2.24, 2.45) is 7.05 Å². The zero-order valence-corrected chi connectivity index (χ0v) is 14.5. The van der Waals surface area contributed by atoms with Crippen LogP contribution in [0.15, 0.2) is 61.6 Å². The van der Waals surface area contributed by atoms with E-state index in [0.29, 0.717) is 28.5 Å². The number of hydrogen-bond acceptors (Lipinski definition) is 5. The third-order valence-corrected chi connectivity index (χ3v) is 3.86. The first-order valence-electron chi connectivity index (χ1n) is 8.18. The molecule has 8 nitrogen and oxygen atoms in total. The molecular weight excluding hydrogens is 344 g/mol. The standard InChI is InChI=1S/C19H16N6O2/c1-3-16(26)22-12-5-4-6-13(9-12)27-17-11-21-19-18(23-17)14(10-20-19)15-7-8-25(2)24-15/h3-11H,1H2,2H3,(H,20,21)(H,22,26). The van der Waals surface area contributed by atoms with E-state index in [9.17, 15) is 4.79 Å². The van der Waals surface area contributed by atoms with E-state index in [4.69, 9.17) is 4.74 Å². The van der Waals surface area contributed by atoms with Crippen molar-refractivity contribution in [3.8, 4) is 22.9 Å². The average Bonchev–Trinajstić information content (AvgIpc) is 3.27. The number of benzene rings is 1. The number of nitrogens with one attached hydrogen (secondary N) is 2. The second-order valence-electron chi connectivity index (χ2n) is 5.81. The first-order chi connectivity index (χ1) is 13.1. The SMILES string of the molecule is C=CC(=O)Nc1cccc(Oc2cnc3[nH]cc(-c4ccn(C)n4)c3n2)c1. The minimum Gasteiger partial charge on any atom is -0.437 e. The van der Waals surface area contributed by atoms with Gasteiger partial charge >= 0.3 is 0 Å². The van der Waals surface area contributed by atoms with E-state index in [2.05, 4.69) is 31.9 Å². The third-order valence-electron chi connectivity index (χ3n) is 3.86. The Bertz CT molecular complexity index is 1140. The Kier molecular flexibility index (Phi) is 4.13. The van der Waals surface area contributed by atoms with Crippen LogP contribution in [0.25, 0.3) is 22.4 Å².